The summed E-state index contributed by atoms with van der Waals surface area (Å²) in [6, 6.07) is 29.8. The number of halogens is 1. The van der Waals surface area contributed by atoms with Crippen LogP contribution in [0.15, 0.2) is 102 Å². The third-order valence-electron chi connectivity index (χ3n) is 7.40. The molecule has 5 rings (SSSR count). The van der Waals surface area contributed by atoms with E-state index in [1.165, 1.54) is 20.0 Å². The van der Waals surface area contributed by atoms with E-state index in [0.717, 1.165) is 52.3 Å². The Balaban J connectivity index is 1.28. The molecule has 1 aliphatic heterocycles. The van der Waals surface area contributed by atoms with Crippen molar-refractivity contribution in [1.82, 2.24) is 10.2 Å². The molecule has 0 spiro atoms. The van der Waals surface area contributed by atoms with E-state index in [1.54, 1.807) is 12.1 Å². The highest BCUT2D eigenvalue weighted by Gasteiger charge is 2.25. The number of carbonyl (C=O) groups excluding carboxylic acids is 2. The Labute approximate surface area is 260 Å². The van der Waals surface area contributed by atoms with Crippen LogP contribution in [0.5, 0.6) is 17.2 Å². The first-order valence-corrected chi connectivity index (χ1v) is 15.2. The summed E-state index contributed by atoms with van der Waals surface area (Å²) in [5, 5.41) is 2.87. The molecule has 1 N–H and O–H groups in total. The fraction of sp³-hybridized carbons (Fsp3) is 0.257. The number of benzene rings is 4. The summed E-state index contributed by atoms with van der Waals surface area (Å²) in [5.41, 5.74) is 3.15. The van der Waals surface area contributed by atoms with Crippen LogP contribution in [-0.2, 0) is 16.0 Å². The van der Waals surface area contributed by atoms with Gasteiger partial charge in [-0.25, -0.2) is 4.79 Å². The van der Waals surface area contributed by atoms with Crippen molar-refractivity contribution >= 4 is 27.8 Å². The van der Waals surface area contributed by atoms with Crippen LogP contribution in [0.3, 0.4) is 0 Å². The number of esters is 1. The molecule has 4 aromatic rings. The zero-order valence-electron chi connectivity index (χ0n) is 24.1. The van der Waals surface area contributed by atoms with Gasteiger partial charge in [-0.2, -0.15) is 0 Å². The Bertz CT molecular complexity index is 1520. The van der Waals surface area contributed by atoms with Crippen molar-refractivity contribution in [2.45, 2.75) is 25.3 Å². The van der Waals surface area contributed by atoms with Gasteiger partial charge in [-0.3, -0.25) is 9.69 Å². The molecule has 1 saturated heterocycles. The molecule has 1 unspecified atom stereocenters. The minimum absolute atomic E-state index is 0.264. The molecule has 4 aromatic carbocycles. The predicted octanol–water partition coefficient (Wildman–Crippen LogP) is 6.90. The lowest BCUT2D eigenvalue weighted by atomic mass is 9.99. The number of nitrogens with one attached hydrogen (secondary N) is 1. The monoisotopic (exact) mass is 642 g/mol. The number of methoxy groups -OCH3 is 1. The van der Waals surface area contributed by atoms with Gasteiger partial charge in [-0.15, -0.1) is 0 Å². The maximum Gasteiger partial charge on any atom is 0.328 e. The summed E-state index contributed by atoms with van der Waals surface area (Å²) in [6.45, 7) is 3.44. The molecule has 0 bridgehead atoms. The molecule has 8 heteroatoms. The van der Waals surface area contributed by atoms with Gasteiger partial charge in [0.05, 0.1) is 12.7 Å². The Kier molecular flexibility index (Phi) is 10.5. The van der Waals surface area contributed by atoms with Gasteiger partial charge in [0.2, 0.25) is 0 Å². The number of para-hydroxylation sites is 2. The van der Waals surface area contributed by atoms with Crippen molar-refractivity contribution in [3.05, 3.63) is 113 Å². The maximum absolute atomic E-state index is 13.4. The Morgan fingerprint density at radius 1 is 0.884 bits per heavy atom. The standard InChI is InChI=1S/C35H35BrN2O5/c1-41-35(40)31(37-34(39)30-24-27(36)17-18-32(30)42-22-21-38-19-7-8-20-38)23-25-13-15-26(16-14-25)29-11-5-6-12-33(29)43-28-9-3-2-4-10-28/h2-6,9-18,24,31H,7-8,19-23H2,1H3,(H,37,39). The van der Waals surface area contributed by atoms with E-state index in [2.05, 4.69) is 26.1 Å². The fourth-order valence-electron chi connectivity index (χ4n) is 5.13. The van der Waals surface area contributed by atoms with Gasteiger partial charge in [0.25, 0.3) is 5.91 Å². The van der Waals surface area contributed by atoms with Crippen molar-refractivity contribution in [1.29, 1.82) is 0 Å². The van der Waals surface area contributed by atoms with Crippen molar-refractivity contribution in [2.75, 3.05) is 33.4 Å². The van der Waals surface area contributed by atoms with Gasteiger partial charge in [-0.1, -0.05) is 76.6 Å². The molecule has 0 radical (unpaired) electrons. The normalized spacial score (nSPS) is 13.7. The number of likely N-dealkylation sites (tertiary alicyclic amines) is 1. The second kappa shape index (κ2) is 14.8. The summed E-state index contributed by atoms with van der Waals surface area (Å²) in [4.78, 5) is 28.6. The van der Waals surface area contributed by atoms with Gasteiger partial charge >= 0.3 is 5.97 Å². The number of nitrogens with zero attached hydrogens (tertiary/aromatic N) is 1. The number of hydrogen-bond acceptors (Lipinski definition) is 6. The lowest BCUT2D eigenvalue weighted by Gasteiger charge is -2.19. The van der Waals surface area contributed by atoms with Crippen LogP contribution < -0.4 is 14.8 Å². The minimum atomic E-state index is -0.881. The van der Waals surface area contributed by atoms with Crippen molar-refractivity contribution in [2.24, 2.45) is 0 Å². The van der Waals surface area contributed by atoms with Gasteiger partial charge in [0.1, 0.15) is 29.9 Å². The molecule has 1 heterocycles. The first-order valence-electron chi connectivity index (χ1n) is 14.4. The minimum Gasteiger partial charge on any atom is -0.491 e. The van der Waals surface area contributed by atoms with E-state index in [-0.39, 0.29) is 6.42 Å². The molecule has 0 saturated carbocycles. The highest BCUT2D eigenvalue weighted by Crippen LogP contribution is 2.33. The largest absolute Gasteiger partial charge is 0.491 e. The Hall–Kier alpha value is -4.14. The van der Waals surface area contributed by atoms with Crippen LogP contribution in [0.25, 0.3) is 11.1 Å². The number of amides is 1. The van der Waals surface area contributed by atoms with E-state index in [9.17, 15) is 9.59 Å². The van der Waals surface area contributed by atoms with Crippen LogP contribution in [0.2, 0.25) is 0 Å². The zero-order valence-corrected chi connectivity index (χ0v) is 25.7. The fourth-order valence-corrected chi connectivity index (χ4v) is 5.49. The molecule has 1 atom stereocenters. The van der Waals surface area contributed by atoms with E-state index in [4.69, 9.17) is 14.2 Å². The molecule has 0 aromatic heterocycles. The second-order valence-corrected chi connectivity index (χ2v) is 11.3. The number of hydrogen-bond donors (Lipinski definition) is 1. The average Bonchev–Trinajstić information content (AvgIpc) is 3.56. The Morgan fingerprint density at radius 3 is 2.35 bits per heavy atom. The van der Waals surface area contributed by atoms with Gasteiger partial charge in [-0.05, 0) is 73.5 Å². The molecule has 43 heavy (non-hydrogen) atoms. The topological polar surface area (TPSA) is 77.1 Å². The molecular weight excluding hydrogens is 608 g/mol. The summed E-state index contributed by atoms with van der Waals surface area (Å²) < 4.78 is 17.9. The summed E-state index contributed by atoms with van der Waals surface area (Å²) in [6.07, 6.45) is 2.68. The quantitative estimate of drug-likeness (QED) is 0.169. The average molecular weight is 644 g/mol. The lowest BCUT2D eigenvalue weighted by molar-refractivity contribution is -0.142. The second-order valence-electron chi connectivity index (χ2n) is 10.4. The van der Waals surface area contributed by atoms with E-state index in [0.29, 0.717) is 17.9 Å². The SMILES string of the molecule is COC(=O)C(Cc1ccc(-c2ccccc2Oc2ccccc2)cc1)NC(=O)c1cc(Br)ccc1OCCN1CCCC1. The maximum atomic E-state index is 13.4. The molecule has 0 aliphatic carbocycles. The third kappa shape index (κ3) is 8.24. The zero-order chi connectivity index (χ0) is 30.0. The predicted molar refractivity (Wildman–Crippen MR) is 171 cm³/mol. The summed E-state index contributed by atoms with van der Waals surface area (Å²) >= 11 is 3.45. The van der Waals surface area contributed by atoms with Gasteiger partial charge < -0.3 is 19.5 Å². The number of rotatable bonds is 12. The third-order valence-corrected chi connectivity index (χ3v) is 7.90. The van der Waals surface area contributed by atoms with Crippen LogP contribution in [0.4, 0.5) is 0 Å². The van der Waals surface area contributed by atoms with Crippen molar-refractivity contribution < 1.29 is 23.8 Å². The number of ether oxygens (including phenoxy) is 3. The van der Waals surface area contributed by atoms with Crippen LogP contribution in [0, 0.1) is 0 Å². The van der Waals surface area contributed by atoms with Crippen molar-refractivity contribution in [3.8, 4) is 28.4 Å². The van der Waals surface area contributed by atoms with Crippen LogP contribution in [0.1, 0.15) is 28.8 Å². The lowest BCUT2D eigenvalue weighted by Crippen LogP contribution is -2.43. The first-order chi connectivity index (χ1) is 21.0. The molecule has 1 fully saturated rings. The van der Waals surface area contributed by atoms with Crippen LogP contribution in [-0.4, -0.2) is 56.2 Å². The molecule has 7 nitrogen and oxygen atoms in total. The molecule has 1 aliphatic rings. The van der Waals surface area contributed by atoms with E-state index < -0.39 is 17.9 Å². The molecule has 222 valence electrons. The summed E-state index contributed by atoms with van der Waals surface area (Å²) in [7, 11) is 1.32. The Morgan fingerprint density at radius 2 is 1.60 bits per heavy atom. The molecular formula is C35H35BrN2O5. The van der Waals surface area contributed by atoms with Crippen LogP contribution >= 0.6 is 15.9 Å². The van der Waals surface area contributed by atoms with E-state index >= 15 is 0 Å². The van der Waals surface area contributed by atoms with E-state index in [1.807, 2.05) is 84.9 Å². The summed E-state index contributed by atoms with van der Waals surface area (Å²) in [5.74, 6) is 1.05. The van der Waals surface area contributed by atoms with Gasteiger partial charge in [0.15, 0.2) is 0 Å². The first kappa shape index (κ1) is 30.3. The highest BCUT2D eigenvalue weighted by molar-refractivity contribution is 9.10. The van der Waals surface area contributed by atoms with Crippen molar-refractivity contribution in [3.63, 3.8) is 0 Å². The smallest absolute Gasteiger partial charge is 0.328 e. The molecule has 1 amide bonds. The van der Waals surface area contributed by atoms with Gasteiger partial charge in [0, 0.05) is 23.0 Å². The number of carbonyl (C=O) groups is 2. The highest BCUT2D eigenvalue weighted by atomic mass is 79.9.